The van der Waals surface area contributed by atoms with E-state index >= 15 is 0 Å². The normalized spacial score (nSPS) is 14.1. The summed E-state index contributed by atoms with van der Waals surface area (Å²) >= 11 is 1.37. The number of aliphatic hydroxyl groups is 1. The van der Waals surface area contributed by atoms with Crippen molar-refractivity contribution in [2.45, 2.75) is 97.6 Å². The number of ether oxygens (including phenoxy) is 1. The van der Waals surface area contributed by atoms with E-state index in [1.165, 1.54) is 11.3 Å². The molecule has 3 aromatic carbocycles. The van der Waals surface area contributed by atoms with Gasteiger partial charge in [0.25, 0.3) is 0 Å². The lowest BCUT2D eigenvalue weighted by molar-refractivity contribution is -0.131. The molecular formula is C41H53N5O6S. The average molecular weight is 744 g/mol. The first-order chi connectivity index (χ1) is 25.4. The zero-order valence-corrected chi connectivity index (χ0v) is 32.1. The summed E-state index contributed by atoms with van der Waals surface area (Å²) in [5.74, 6) is -1.02. The van der Waals surface area contributed by atoms with Crippen LogP contribution < -0.4 is 21.3 Å². The number of thiazole rings is 1. The average Bonchev–Trinajstić information content (AvgIpc) is 3.55. The van der Waals surface area contributed by atoms with E-state index in [-0.39, 0.29) is 37.7 Å². The Bertz CT molecular complexity index is 1790. The number of benzene rings is 3. The van der Waals surface area contributed by atoms with Gasteiger partial charge in [0.15, 0.2) is 0 Å². The molecule has 4 aromatic rings. The van der Waals surface area contributed by atoms with Crippen LogP contribution in [0.5, 0.6) is 0 Å². The fraction of sp³-hybridized carbons (Fsp3) is 0.439. The van der Waals surface area contributed by atoms with Gasteiger partial charge >= 0.3 is 6.09 Å². The quantitative estimate of drug-likeness (QED) is 0.0835. The molecule has 4 amide bonds. The number of amides is 4. The van der Waals surface area contributed by atoms with Gasteiger partial charge in [-0.25, -0.2) is 9.78 Å². The van der Waals surface area contributed by atoms with Crippen molar-refractivity contribution in [3.8, 4) is 0 Å². The van der Waals surface area contributed by atoms with Crippen molar-refractivity contribution >= 4 is 45.9 Å². The summed E-state index contributed by atoms with van der Waals surface area (Å²) in [7, 11) is 0. The lowest BCUT2D eigenvalue weighted by Gasteiger charge is -2.29. The predicted octanol–water partition coefficient (Wildman–Crippen LogP) is 5.61. The van der Waals surface area contributed by atoms with Gasteiger partial charge in [-0.3, -0.25) is 14.4 Å². The van der Waals surface area contributed by atoms with Crippen LogP contribution in [-0.4, -0.2) is 64.7 Å². The Hall–Kier alpha value is -4.81. The number of nitrogens with one attached hydrogen (secondary N) is 4. The highest BCUT2D eigenvalue weighted by atomic mass is 32.1. The van der Waals surface area contributed by atoms with E-state index in [1.807, 2.05) is 107 Å². The molecule has 4 rings (SSSR count). The van der Waals surface area contributed by atoms with Crippen LogP contribution in [0, 0.1) is 18.8 Å². The minimum absolute atomic E-state index is 0.0141. The second-order valence-corrected chi connectivity index (χ2v) is 15.0. The van der Waals surface area contributed by atoms with Crippen molar-refractivity contribution in [3.05, 3.63) is 100 Å². The van der Waals surface area contributed by atoms with Crippen LogP contribution >= 0.6 is 11.3 Å². The highest BCUT2D eigenvalue weighted by Crippen LogP contribution is 2.21. The molecule has 0 aliphatic rings. The first-order valence-corrected chi connectivity index (χ1v) is 19.2. The zero-order chi connectivity index (χ0) is 38.3. The number of hydrogen-bond acceptors (Lipinski definition) is 8. The third-order valence-corrected chi connectivity index (χ3v) is 10.2. The van der Waals surface area contributed by atoms with E-state index < -0.39 is 42.1 Å². The molecule has 0 aliphatic carbocycles. The molecule has 5 atom stereocenters. The number of carbonyl (C=O) groups is 4. The van der Waals surface area contributed by atoms with Crippen molar-refractivity contribution in [1.82, 2.24) is 26.3 Å². The van der Waals surface area contributed by atoms with Crippen molar-refractivity contribution in [1.29, 1.82) is 0 Å². The Labute approximate surface area is 316 Å². The van der Waals surface area contributed by atoms with E-state index in [0.29, 0.717) is 18.9 Å². The van der Waals surface area contributed by atoms with Crippen LogP contribution in [0.25, 0.3) is 10.8 Å². The van der Waals surface area contributed by atoms with Crippen LogP contribution in [0.15, 0.2) is 78.3 Å². The summed E-state index contributed by atoms with van der Waals surface area (Å²) < 4.78 is 5.50. The molecule has 3 unspecified atom stereocenters. The summed E-state index contributed by atoms with van der Waals surface area (Å²) in [4.78, 5) is 59.4. The standard InChI is InChI=1S/C41H53N5O6S/c1-6-27(4)23-42-38(48)22-36(47)33(19-26(2)3)44-40(50)35(21-37-28(5)43-25-53-37)45-39(49)34(46-41(51)52-24-29-13-8-7-9-14-29)20-31-17-12-16-30-15-10-11-18-32(30)31/h7-18,25-27,33-36,47H,6,19-24H2,1-5H3,(H,42,48)(H,44,50)(H,45,49)(H,46,51)/t27?,33?,34-,35-,36?/m0/s1. The molecule has 5 N–H and O–H groups in total. The Morgan fingerprint density at radius 3 is 2.23 bits per heavy atom. The van der Waals surface area contributed by atoms with Gasteiger partial charge in [0, 0.05) is 24.3 Å². The van der Waals surface area contributed by atoms with Crippen molar-refractivity contribution < 1.29 is 29.0 Å². The molecule has 0 radical (unpaired) electrons. The lowest BCUT2D eigenvalue weighted by Crippen LogP contribution is -2.57. The lowest BCUT2D eigenvalue weighted by atomic mass is 9.96. The fourth-order valence-corrected chi connectivity index (χ4v) is 6.76. The highest BCUT2D eigenvalue weighted by Gasteiger charge is 2.32. The fourth-order valence-electron chi connectivity index (χ4n) is 5.94. The van der Waals surface area contributed by atoms with E-state index in [2.05, 4.69) is 26.3 Å². The van der Waals surface area contributed by atoms with E-state index in [1.54, 1.807) is 5.51 Å². The SMILES string of the molecule is CCC(C)CNC(=O)CC(O)C(CC(C)C)NC(=O)[C@H](Cc1scnc1C)NC(=O)[C@H](Cc1cccc2ccccc12)NC(=O)OCc1ccccc1. The zero-order valence-electron chi connectivity index (χ0n) is 31.3. The molecule has 284 valence electrons. The van der Waals surface area contributed by atoms with Crippen molar-refractivity contribution in [2.75, 3.05) is 6.54 Å². The summed E-state index contributed by atoms with van der Waals surface area (Å²) in [5.41, 5.74) is 4.03. The predicted molar refractivity (Wildman–Crippen MR) is 208 cm³/mol. The maximum absolute atomic E-state index is 14.2. The number of rotatable bonds is 19. The Kier molecular flexibility index (Phi) is 15.8. The molecule has 0 bridgehead atoms. The number of nitrogens with zero attached hydrogens (tertiary/aromatic N) is 1. The van der Waals surface area contributed by atoms with Crippen LogP contribution in [0.4, 0.5) is 4.79 Å². The number of carbonyl (C=O) groups excluding carboxylic acids is 4. The summed E-state index contributed by atoms with van der Waals surface area (Å²) in [5, 5.41) is 24.6. The van der Waals surface area contributed by atoms with Crippen molar-refractivity contribution in [2.24, 2.45) is 11.8 Å². The minimum atomic E-state index is -1.15. The summed E-state index contributed by atoms with van der Waals surface area (Å²) in [6.07, 6.45) is -0.532. The maximum atomic E-state index is 14.2. The monoisotopic (exact) mass is 743 g/mol. The van der Waals surface area contributed by atoms with Gasteiger partial charge in [0.05, 0.1) is 29.8 Å². The van der Waals surface area contributed by atoms with E-state index in [4.69, 9.17) is 4.74 Å². The number of aryl methyl sites for hydroxylation is 1. The number of aromatic nitrogens is 1. The molecule has 11 nitrogen and oxygen atoms in total. The van der Waals surface area contributed by atoms with Gasteiger partial charge in [0.1, 0.15) is 18.7 Å². The van der Waals surface area contributed by atoms with Gasteiger partial charge in [-0.15, -0.1) is 11.3 Å². The van der Waals surface area contributed by atoms with Crippen LogP contribution in [0.1, 0.15) is 68.7 Å². The van der Waals surface area contributed by atoms with Crippen LogP contribution in [-0.2, 0) is 38.6 Å². The number of hydrogen-bond donors (Lipinski definition) is 5. The van der Waals surface area contributed by atoms with Gasteiger partial charge in [-0.2, -0.15) is 0 Å². The second-order valence-electron chi connectivity index (χ2n) is 14.1. The molecule has 0 saturated heterocycles. The second kappa shape index (κ2) is 20.4. The molecule has 53 heavy (non-hydrogen) atoms. The van der Waals surface area contributed by atoms with Crippen LogP contribution in [0.3, 0.4) is 0 Å². The molecule has 1 heterocycles. The van der Waals surface area contributed by atoms with E-state index in [0.717, 1.165) is 38.9 Å². The van der Waals surface area contributed by atoms with Gasteiger partial charge in [-0.05, 0) is 47.1 Å². The molecule has 0 saturated carbocycles. The Morgan fingerprint density at radius 2 is 1.53 bits per heavy atom. The molecule has 0 spiro atoms. The molecule has 0 aliphatic heterocycles. The van der Waals surface area contributed by atoms with Crippen molar-refractivity contribution in [3.63, 3.8) is 0 Å². The third kappa shape index (κ3) is 13.0. The minimum Gasteiger partial charge on any atom is -0.445 e. The third-order valence-electron chi connectivity index (χ3n) is 9.25. The largest absolute Gasteiger partial charge is 0.445 e. The molecule has 0 fully saturated rings. The Balaban J connectivity index is 1.57. The van der Waals surface area contributed by atoms with E-state index in [9.17, 15) is 24.3 Å². The maximum Gasteiger partial charge on any atom is 0.408 e. The number of aliphatic hydroxyl groups excluding tert-OH is 1. The topological polar surface area (TPSA) is 159 Å². The first-order valence-electron chi connectivity index (χ1n) is 18.3. The summed E-state index contributed by atoms with van der Waals surface area (Å²) in [6, 6.07) is 19.8. The van der Waals surface area contributed by atoms with Gasteiger partial charge in [-0.1, -0.05) is 107 Å². The van der Waals surface area contributed by atoms with Crippen LogP contribution in [0.2, 0.25) is 0 Å². The van der Waals surface area contributed by atoms with Gasteiger partial charge < -0.3 is 31.1 Å². The first kappa shape index (κ1) is 41.0. The summed E-state index contributed by atoms with van der Waals surface area (Å²) in [6.45, 7) is 10.4. The molecule has 12 heteroatoms. The Morgan fingerprint density at radius 1 is 0.849 bits per heavy atom. The molecular weight excluding hydrogens is 691 g/mol. The highest BCUT2D eigenvalue weighted by molar-refractivity contribution is 7.09. The molecule has 1 aromatic heterocycles. The van der Waals surface area contributed by atoms with Gasteiger partial charge in [0.2, 0.25) is 17.7 Å². The number of alkyl carbamates (subject to hydrolysis) is 1. The number of fused-ring (bicyclic) bond motifs is 1. The smallest absolute Gasteiger partial charge is 0.408 e.